The van der Waals surface area contributed by atoms with Crippen molar-refractivity contribution >= 4 is 6.09 Å². The summed E-state index contributed by atoms with van der Waals surface area (Å²) < 4.78 is 5.21. The predicted molar refractivity (Wildman–Crippen MR) is 87.4 cm³/mol. The van der Waals surface area contributed by atoms with Crippen LogP contribution in [-0.2, 0) is 11.3 Å². The summed E-state index contributed by atoms with van der Waals surface area (Å²) in [5.41, 5.74) is 6.51. The Balaban J connectivity index is 2.37. The maximum absolute atomic E-state index is 11.6. The quantitative estimate of drug-likeness (QED) is 0.802. The minimum Gasteiger partial charge on any atom is -0.444 e. The van der Waals surface area contributed by atoms with Crippen molar-refractivity contribution in [2.45, 2.75) is 45.4 Å². The maximum Gasteiger partial charge on any atom is 0.407 e. The van der Waals surface area contributed by atoms with Crippen molar-refractivity contribution < 1.29 is 9.53 Å². The molecule has 0 saturated carbocycles. The maximum atomic E-state index is 11.6. The number of alkyl carbamates (subject to hydrolysis) is 1. The van der Waals surface area contributed by atoms with Crippen LogP contribution in [0.2, 0.25) is 0 Å². The van der Waals surface area contributed by atoms with Gasteiger partial charge in [-0.05, 0) is 45.9 Å². The van der Waals surface area contributed by atoms with Gasteiger partial charge in [0.25, 0.3) is 0 Å². The number of amides is 1. The van der Waals surface area contributed by atoms with Crippen molar-refractivity contribution in [1.29, 1.82) is 0 Å². The summed E-state index contributed by atoms with van der Waals surface area (Å²) in [6.45, 7) is 7.38. The SMILES string of the molecule is CN(Cc1cccnc1)C(CN)CCNC(=O)OC(C)(C)C. The van der Waals surface area contributed by atoms with E-state index < -0.39 is 11.7 Å². The highest BCUT2D eigenvalue weighted by Crippen LogP contribution is 2.08. The molecule has 0 spiro atoms. The average Bonchev–Trinajstić information content (AvgIpc) is 2.42. The Kier molecular flexibility index (Phi) is 7.27. The number of nitrogens with two attached hydrogens (primary N) is 1. The van der Waals surface area contributed by atoms with E-state index in [4.69, 9.17) is 10.5 Å². The molecule has 0 fully saturated rings. The molecule has 3 N–H and O–H groups in total. The third-order valence-corrected chi connectivity index (χ3v) is 3.20. The molecule has 1 rings (SSSR count). The lowest BCUT2D eigenvalue weighted by molar-refractivity contribution is 0.0522. The standard InChI is InChI=1S/C16H28N4O2/c1-16(2,3)22-15(21)19-9-7-14(10-17)20(4)12-13-6-5-8-18-11-13/h5-6,8,11,14H,7,9-10,12,17H2,1-4H3,(H,19,21). The second-order valence-corrected chi connectivity index (χ2v) is 6.38. The van der Waals surface area contributed by atoms with E-state index in [1.165, 1.54) is 0 Å². The minimum atomic E-state index is -0.478. The zero-order valence-electron chi connectivity index (χ0n) is 14.0. The van der Waals surface area contributed by atoms with E-state index in [2.05, 4.69) is 15.2 Å². The van der Waals surface area contributed by atoms with Crippen LogP contribution in [0.25, 0.3) is 0 Å². The van der Waals surface area contributed by atoms with Gasteiger partial charge in [-0.3, -0.25) is 9.88 Å². The van der Waals surface area contributed by atoms with E-state index in [1.54, 1.807) is 6.20 Å². The first-order chi connectivity index (χ1) is 10.3. The van der Waals surface area contributed by atoms with E-state index in [1.807, 2.05) is 46.1 Å². The molecule has 6 heteroatoms. The molecule has 1 aromatic rings. The highest BCUT2D eigenvalue weighted by molar-refractivity contribution is 5.67. The zero-order chi connectivity index (χ0) is 16.6. The lowest BCUT2D eigenvalue weighted by atomic mass is 10.1. The van der Waals surface area contributed by atoms with Gasteiger partial charge in [0.05, 0.1) is 0 Å². The monoisotopic (exact) mass is 308 g/mol. The van der Waals surface area contributed by atoms with Crippen LogP contribution in [0.4, 0.5) is 4.79 Å². The molecule has 0 saturated heterocycles. The number of nitrogens with zero attached hydrogens (tertiary/aromatic N) is 2. The summed E-state index contributed by atoms with van der Waals surface area (Å²) in [5, 5.41) is 2.77. The number of hydrogen-bond donors (Lipinski definition) is 2. The van der Waals surface area contributed by atoms with Crippen molar-refractivity contribution in [3.8, 4) is 0 Å². The molecule has 0 aliphatic rings. The van der Waals surface area contributed by atoms with Gasteiger partial charge in [-0.1, -0.05) is 6.07 Å². The van der Waals surface area contributed by atoms with Gasteiger partial charge in [0.15, 0.2) is 0 Å². The molecule has 6 nitrogen and oxygen atoms in total. The first kappa shape index (κ1) is 18.4. The Hall–Kier alpha value is -1.66. The average molecular weight is 308 g/mol. The Morgan fingerprint density at radius 3 is 2.77 bits per heavy atom. The van der Waals surface area contributed by atoms with Crippen LogP contribution in [-0.4, -0.2) is 47.8 Å². The fourth-order valence-corrected chi connectivity index (χ4v) is 2.08. The van der Waals surface area contributed by atoms with Gasteiger partial charge < -0.3 is 15.8 Å². The normalized spacial score (nSPS) is 13.0. The summed E-state index contributed by atoms with van der Waals surface area (Å²) in [6.07, 6.45) is 3.99. The van der Waals surface area contributed by atoms with Gasteiger partial charge in [0, 0.05) is 38.1 Å². The van der Waals surface area contributed by atoms with Gasteiger partial charge in [0.1, 0.15) is 5.60 Å². The van der Waals surface area contributed by atoms with Crippen LogP contribution in [0.3, 0.4) is 0 Å². The van der Waals surface area contributed by atoms with Crippen molar-refractivity contribution in [3.63, 3.8) is 0 Å². The smallest absolute Gasteiger partial charge is 0.407 e. The van der Waals surface area contributed by atoms with Gasteiger partial charge >= 0.3 is 6.09 Å². The molecule has 124 valence electrons. The summed E-state index contributed by atoms with van der Waals surface area (Å²) >= 11 is 0. The number of carbonyl (C=O) groups excluding carboxylic acids is 1. The lowest BCUT2D eigenvalue weighted by Crippen LogP contribution is -2.41. The second kappa shape index (κ2) is 8.70. The molecule has 0 bridgehead atoms. The molecular weight excluding hydrogens is 280 g/mol. The minimum absolute atomic E-state index is 0.190. The summed E-state index contributed by atoms with van der Waals surface area (Å²) in [5.74, 6) is 0. The van der Waals surface area contributed by atoms with E-state index in [0.717, 1.165) is 18.5 Å². The van der Waals surface area contributed by atoms with Crippen LogP contribution < -0.4 is 11.1 Å². The first-order valence-corrected chi connectivity index (χ1v) is 7.58. The zero-order valence-corrected chi connectivity index (χ0v) is 14.0. The van der Waals surface area contributed by atoms with Crippen LogP contribution in [0.1, 0.15) is 32.8 Å². The van der Waals surface area contributed by atoms with E-state index in [9.17, 15) is 4.79 Å². The van der Waals surface area contributed by atoms with Crippen LogP contribution in [0.15, 0.2) is 24.5 Å². The van der Waals surface area contributed by atoms with E-state index >= 15 is 0 Å². The number of carbonyl (C=O) groups is 1. The topological polar surface area (TPSA) is 80.5 Å². The van der Waals surface area contributed by atoms with Crippen molar-refractivity contribution in [3.05, 3.63) is 30.1 Å². The van der Waals surface area contributed by atoms with E-state index in [-0.39, 0.29) is 6.04 Å². The third kappa shape index (κ3) is 7.38. The summed E-state index contributed by atoms with van der Waals surface area (Å²) in [7, 11) is 2.03. The van der Waals surface area contributed by atoms with Crippen molar-refractivity contribution in [2.24, 2.45) is 5.73 Å². The molecule has 1 unspecified atom stereocenters. The Morgan fingerprint density at radius 1 is 1.50 bits per heavy atom. The largest absolute Gasteiger partial charge is 0.444 e. The van der Waals surface area contributed by atoms with Crippen LogP contribution in [0, 0.1) is 0 Å². The summed E-state index contributed by atoms with van der Waals surface area (Å²) in [4.78, 5) is 17.9. The van der Waals surface area contributed by atoms with E-state index in [0.29, 0.717) is 13.1 Å². The van der Waals surface area contributed by atoms with Gasteiger partial charge in [-0.2, -0.15) is 0 Å². The Morgan fingerprint density at radius 2 is 2.23 bits per heavy atom. The highest BCUT2D eigenvalue weighted by atomic mass is 16.6. The predicted octanol–water partition coefficient (Wildman–Crippen LogP) is 1.76. The Bertz CT molecular complexity index is 445. The highest BCUT2D eigenvalue weighted by Gasteiger charge is 2.17. The Labute approximate surface area is 133 Å². The number of aromatic nitrogens is 1. The second-order valence-electron chi connectivity index (χ2n) is 6.38. The molecule has 1 atom stereocenters. The lowest BCUT2D eigenvalue weighted by Gasteiger charge is -2.27. The molecule has 22 heavy (non-hydrogen) atoms. The molecule has 0 aliphatic heterocycles. The molecule has 0 aromatic carbocycles. The molecule has 0 aliphatic carbocycles. The molecule has 1 heterocycles. The molecule has 1 amide bonds. The van der Waals surface area contributed by atoms with Crippen molar-refractivity contribution in [1.82, 2.24) is 15.2 Å². The fraction of sp³-hybridized carbons (Fsp3) is 0.625. The first-order valence-electron chi connectivity index (χ1n) is 7.58. The van der Waals surface area contributed by atoms with Crippen molar-refractivity contribution in [2.75, 3.05) is 20.1 Å². The number of nitrogens with one attached hydrogen (secondary N) is 1. The number of rotatable bonds is 7. The number of pyridine rings is 1. The van der Waals surface area contributed by atoms with Crippen LogP contribution >= 0.6 is 0 Å². The third-order valence-electron chi connectivity index (χ3n) is 3.20. The molecular formula is C16H28N4O2. The number of hydrogen-bond acceptors (Lipinski definition) is 5. The number of ether oxygens (including phenoxy) is 1. The molecule has 0 radical (unpaired) electrons. The molecule has 1 aromatic heterocycles. The van der Waals surface area contributed by atoms with Crippen LogP contribution in [0.5, 0.6) is 0 Å². The fourth-order valence-electron chi connectivity index (χ4n) is 2.08. The summed E-state index contributed by atoms with van der Waals surface area (Å²) in [6, 6.07) is 4.15. The van der Waals surface area contributed by atoms with Gasteiger partial charge in [0.2, 0.25) is 0 Å². The number of likely N-dealkylation sites (N-methyl/N-ethyl adjacent to an activating group) is 1. The van der Waals surface area contributed by atoms with Gasteiger partial charge in [-0.25, -0.2) is 4.79 Å². The van der Waals surface area contributed by atoms with Gasteiger partial charge in [-0.15, -0.1) is 0 Å².